The van der Waals surface area contributed by atoms with Gasteiger partial charge in [0.2, 0.25) is 0 Å². The second-order valence-electron chi connectivity index (χ2n) is 4.08. The molecule has 0 saturated carbocycles. The summed E-state index contributed by atoms with van der Waals surface area (Å²) < 4.78 is 4.92. The highest BCUT2D eigenvalue weighted by Crippen LogP contribution is 2.24. The van der Waals surface area contributed by atoms with Crippen molar-refractivity contribution in [2.45, 2.75) is 19.4 Å². The molecule has 114 valence electrons. The Labute approximate surface area is 131 Å². The van der Waals surface area contributed by atoms with E-state index in [4.69, 9.17) is 27.9 Å². The van der Waals surface area contributed by atoms with Crippen LogP contribution in [0.2, 0.25) is 10.0 Å². The lowest BCUT2D eigenvalue weighted by Gasteiger charge is -2.13. The number of rotatable bonds is 4. The van der Waals surface area contributed by atoms with Crippen molar-refractivity contribution < 1.29 is 19.1 Å². The molecule has 6 nitrogen and oxygen atoms in total. The average molecular weight is 333 g/mol. The molecule has 0 bridgehead atoms. The Hall–Kier alpha value is -1.79. The molecule has 0 aliphatic rings. The summed E-state index contributed by atoms with van der Waals surface area (Å²) in [6.07, 6.45) is -1.29. The molecule has 0 heterocycles. The Morgan fingerprint density at radius 2 is 1.81 bits per heavy atom. The van der Waals surface area contributed by atoms with Crippen LogP contribution in [0.3, 0.4) is 0 Å². The van der Waals surface area contributed by atoms with Crippen LogP contribution in [0.15, 0.2) is 18.2 Å². The van der Waals surface area contributed by atoms with E-state index in [9.17, 15) is 14.4 Å². The molecule has 0 aliphatic carbocycles. The third-order valence-corrected chi connectivity index (χ3v) is 3.23. The van der Waals surface area contributed by atoms with Gasteiger partial charge in [0, 0.05) is 22.7 Å². The number of halogens is 2. The SMILES string of the molecule is CNC(=O)NC(=O)[C@H](C)OC(=O)Cc1c(Cl)cccc1Cl. The Morgan fingerprint density at radius 1 is 1.24 bits per heavy atom. The first-order chi connectivity index (χ1) is 9.85. The van der Waals surface area contributed by atoms with Gasteiger partial charge in [0.25, 0.3) is 5.91 Å². The number of ether oxygens (including phenoxy) is 1. The molecule has 0 aliphatic heterocycles. The zero-order chi connectivity index (χ0) is 16.0. The van der Waals surface area contributed by atoms with Crippen LogP contribution in [-0.4, -0.2) is 31.1 Å². The lowest BCUT2D eigenvalue weighted by atomic mass is 10.1. The second kappa shape index (κ2) is 7.85. The molecule has 0 saturated heterocycles. The molecule has 1 rings (SSSR count). The number of benzene rings is 1. The van der Waals surface area contributed by atoms with Crippen molar-refractivity contribution >= 4 is 41.1 Å². The number of imide groups is 1. The van der Waals surface area contributed by atoms with Gasteiger partial charge in [0.1, 0.15) is 0 Å². The van der Waals surface area contributed by atoms with E-state index in [0.717, 1.165) is 0 Å². The average Bonchev–Trinajstić information content (AvgIpc) is 2.42. The lowest BCUT2D eigenvalue weighted by molar-refractivity contribution is -0.153. The maximum atomic E-state index is 11.8. The highest BCUT2D eigenvalue weighted by Gasteiger charge is 2.20. The summed E-state index contributed by atoms with van der Waals surface area (Å²) in [5.41, 5.74) is 0.421. The zero-order valence-corrected chi connectivity index (χ0v) is 12.9. The maximum absolute atomic E-state index is 11.8. The van der Waals surface area contributed by atoms with Crippen LogP contribution in [-0.2, 0) is 20.7 Å². The minimum absolute atomic E-state index is 0.171. The zero-order valence-electron chi connectivity index (χ0n) is 11.4. The van der Waals surface area contributed by atoms with Gasteiger partial charge >= 0.3 is 12.0 Å². The van der Waals surface area contributed by atoms with Crippen molar-refractivity contribution in [2.24, 2.45) is 0 Å². The van der Waals surface area contributed by atoms with Crippen LogP contribution in [0.25, 0.3) is 0 Å². The molecule has 2 N–H and O–H groups in total. The number of nitrogens with one attached hydrogen (secondary N) is 2. The van der Waals surface area contributed by atoms with Gasteiger partial charge in [-0.25, -0.2) is 4.79 Å². The largest absolute Gasteiger partial charge is 0.452 e. The number of esters is 1. The summed E-state index contributed by atoms with van der Waals surface area (Å²) >= 11 is 11.9. The summed E-state index contributed by atoms with van der Waals surface area (Å²) in [4.78, 5) is 34.3. The van der Waals surface area contributed by atoms with Gasteiger partial charge in [-0.15, -0.1) is 0 Å². The van der Waals surface area contributed by atoms with Crippen LogP contribution in [0, 0.1) is 0 Å². The Bertz CT molecular complexity index is 543. The monoisotopic (exact) mass is 332 g/mol. The lowest BCUT2D eigenvalue weighted by Crippen LogP contribution is -2.43. The van der Waals surface area contributed by atoms with Gasteiger partial charge in [0.15, 0.2) is 6.10 Å². The van der Waals surface area contributed by atoms with E-state index in [1.165, 1.54) is 14.0 Å². The summed E-state index contributed by atoms with van der Waals surface area (Å²) in [6, 6.07) is 4.16. The van der Waals surface area contributed by atoms with Crippen molar-refractivity contribution in [3.8, 4) is 0 Å². The van der Waals surface area contributed by atoms with Crippen molar-refractivity contribution in [1.29, 1.82) is 0 Å². The van der Waals surface area contributed by atoms with Gasteiger partial charge in [-0.2, -0.15) is 0 Å². The molecule has 1 atom stereocenters. The minimum Gasteiger partial charge on any atom is -0.452 e. The van der Waals surface area contributed by atoms with Crippen LogP contribution in [0.1, 0.15) is 12.5 Å². The van der Waals surface area contributed by atoms with E-state index in [1.807, 2.05) is 5.32 Å². The van der Waals surface area contributed by atoms with Gasteiger partial charge in [0.05, 0.1) is 6.42 Å². The molecule has 1 aromatic rings. The van der Waals surface area contributed by atoms with Crippen LogP contribution in [0.4, 0.5) is 4.79 Å². The first kappa shape index (κ1) is 17.3. The highest BCUT2D eigenvalue weighted by atomic mass is 35.5. The van der Waals surface area contributed by atoms with E-state index in [-0.39, 0.29) is 6.42 Å². The van der Waals surface area contributed by atoms with Crippen molar-refractivity contribution in [1.82, 2.24) is 10.6 Å². The van der Waals surface area contributed by atoms with E-state index in [1.54, 1.807) is 18.2 Å². The normalized spacial score (nSPS) is 11.4. The molecule has 0 radical (unpaired) electrons. The van der Waals surface area contributed by atoms with Crippen molar-refractivity contribution in [3.63, 3.8) is 0 Å². The third-order valence-electron chi connectivity index (χ3n) is 2.52. The molecule has 8 heteroatoms. The second-order valence-corrected chi connectivity index (χ2v) is 4.89. The molecule has 3 amide bonds. The summed E-state index contributed by atoms with van der Waals surface area (Å²) in [6.45, 7) is 1.35. The molecule has 1 aromatic carbocycles. The fraction of sp³-hybridized carbons (Fsp3) is 0.308. The molecular weight excluding hydrogens is 319 g/mol. The Balaban J connectivity index is 2.61. The van der Waals surface area contributed by atoms with E-state index in [0.29, 0.717) is 15.6 Å². The molecule has 0 fully saturated rings. The van der Waals surface area contributed by atoms with Crippen molar-refractivity contribution in [2.75, 3.05) is 7.05 Å². The highest BCUT2D eigenvalue weighted by molar-refractivity contribution is 6.36. The number of urea groups is 1. The Morgan fingerprint density at radius 3 is 2.33 bits per heavy atom. The third kappa shape index (κ3) is 5.24. The van der Waals surface area contributed by atoms with E-state index in [2.05, 4.69) is 5.32 Å². The van der Waals surface area contributed by atoms with Crippen LogP contribution < -0.4 is 10.6 Å². The predicted octanol–water partition coefficient (Wildman–Crippen LogP) is 1.92. The van der Waals surface area contributed by atoms with E-state index >= 15 is 0 Å². The quantitative estimate of drug-likeness (QED) is 0.825. The maximum Gasteiger partial charge on any atom is 0.321 e. The van der Waals surface area contributed by atoms with Gasteiger partial charge < -0.3 is 10.1 Å². The topological polar surface area (TPSA) is 84.5 Å². The standard InChI is InChI=1S/C13H14Cl2N2O4/c1-7(12(19)17-13(20)16-2)21-11(18)6-8-9(14)4-3-5-10(8)15/h3-5,7H,6H2,1-2H3,(H2,16,17,19,20)/t7-/m0/s1. The fourth-order valence-corrected chi connectivity index (χ4v) is 1.95. The first-order valence-corrected chi connectivity index (χ1v) is 6.75. The van der Waals surface area contributed by atoms with Gasteiger partial charge in [-0.3, -0.25) is 14.9 Å². The summed E-state index contributed by atoms with van der Waals surface area (Å²) in [5, 5.41) is 4.89. The molecule has 21 heavy (non-hydrogen) atoms. The number of carbonyl (C=O) groups excluding carboxylic acids is 3. The molecule has 0 aromatic heterocycles. The molecular formula is C13H14Cl2N2O4. The fourth-order valence-electron chi connectivity index (χ4n) is 1.41. The number of amides is 3. The number of hydrogen-bond acceptors (Lipinski definition) is 4. The Kier molecular flexibility index (Phi) is 6.45. The van der Waals surface area contributed by atoms with Crippen LogP contribution >= 0.6 is 23.2 Å². The predicted molar refractivity (Wildman–Crippen MR) is 78.3 cm³/mol. The summed E-state index contributed by atoms with van der Waals surface area (Å²) in [7, 11) is 1.36. The van der Waals surface area contributed by atoms with Gasteiger partial charge in [-0.1, -0.05) is 29.3 Å². The smallest absolute Gasteiger partial charge is 0.321 e. The summed E-state index contributed by atoms with van der Waals surface area (Å²) in [5.74, 6) is -1.41. The minimum atomic E-state index is -1.11. The number of hydrogen-bond donors (Lipinski definition) is 2. The number of carbonyl (C=O) groups is 3. The van der Waals surface area contributed by atoms with E-state index < -0.39 is 24.0 Å². The van der Waals surface area contributed by atoms with Crippen LogP contribution in [0.5, 0.6) is 0 Å². The van der Waals surface area contributed by atoms with Crippen molar-refractivity contribution in [3.05, 3.63) is 33.8 Å². The first-order valence-electron chi connectivity index (χ1n) is 6.00. The molecule has 0 spiro atoms. The van der Waals surface area contributed by atoms with Gasteiger partial charge in [-0.05, 0) is 19.1 Å². The molecule has 0 unspecified atom stereocenters.